The van der Waals surface area contributed by atoms with Gasteiger partial charge in [0.2, 0.25) is 0 Å². The lowest BCUT2D eigenvalue weighted by Crippen LogP contribution is -2.52. The molecule has 0 bridgehead atoms. The largest absolute Gasteiger partial charge is 0.377 e. The summed E-state index contributed by atoms with van der Waals surface area (Å²) in [6, 6.07) is 8.44. The number of rotatable bonds is 6. The van der Waals surface area contributed by atoms with Crippen molar-refractivity contribution in [2.75, 3.05) is 19.7 Å². The Bertz CT molecular complexity index is 390. The molecule has 1 saturated heterocycles. The van der Waals surface area contributed by atoms with Gasteiger partial charge in [0.15, 0.2) is 0 Å². The van der Waals surface area contributed by atoms with Gasteiger partial charge >= 0.3 is 0 Å². The minimum atomic E-state index is -0.0697. The van der Waals surface area contributed by atoms with E-state index in [-0.39, 0.29) is 5.54 Å². The smallest absolute Gasteiger partial charge is 0.0700 e. The quantitative estimate of drug-likeness (QED) is 0.844. The highest BCUT2D eigenvalue weighted by molar-refractivity contribution is 9.10. The van der Waals surface area contributed by atoms with Crippen molar-refractivity contribution in [2.24, 2.45) is 5.73 Å². The van der Waals surface area contributed by atoms with Gasteiger partial charge in [-0.05, 0) is 43.9 Å². The highest BCUT2D eigenvalue weighted by atomic mass is 79.9. The Morgan fingerprint density at radius 2 is 2.16 bits per heavy atom. The van der Waals surface area contributed by atoms with Gasteiger partial charge in [-0.1, -0.05) is 28.1 Å². The highest BCUT2D eigenvalue weighted by Crippen LogP contribution is 2.17. The first-order valence-corrected chi connectivity index (χ1v) is 7.72. The lowest BCUT2D eigenvalue weighted by molar-refractivity contribution is 0.102. The van der Waals surface area contributed by atoms with E-state index in [9.17, 15) is 0 Å². The van der Waals surface area contributed by atoms with Crippen molar-refractivity contribution < 1.29 is 4.74 Å². The number of hydrogen-bond donors (Lipinski definition) is 2. The Labute approximate surface area is 124 Å². The lowest BCUT2D eigenvalue weighted by atomic mass is 9.92. The maximum Gasteiger partial charge on any atom is 0.0700 e. The second kappa shape index (κ2) is 6.84. The minimum Gasteiger partial charge on any atom is -0.377 e. The third-order valence-corrected chi connectivity index (χ3v) is 4.27. The number of nitrogens with two attached hydrogens (primary N) is 1. The van der Waals surface area contributed by atoms with Gasteiger partial charge < -0.3 is 15.8 Å². The van der Waals surface area contributed by atoms with Gasteiger partial charge in [-0.15, -0.1) is 0 Å². The van der Waals surface area contributed by atoms with Crippen molar-refractivity contribution in [1.29, 1.82) is 0 Å². The molecule has 1 fully saturated rings. The molecule has 1 aromatic carbocycles. The standard InChI is InChI=1S/C15H23BrN2O/c1-15(11-17,18-10-14-3-2-8-19-14)9-12-4-6-13(16)7-5-12/h4-7,14,18H,2-3,8-11,17H2,1H3. The lowest BCUT2D eigenvalue weighted by Gasteiger charge is -2.31. The molecule has 2 rings (SSSR count). The monoisotopic (exact) mass is 326 g/mol. The Balaban J connectivity index is 1.90. The van der Waals surface area contributed by atoms with Crippen LogP contribution in [0.1, 0.15) is 25.3 Å². The molecule has 0 aromatic heterocycles. The molecule has 3 N–H and O–H groups in total. The first kappa shape index (κ1) is 15.0. The first-order valence-electron chi connectivity index (χ1n) is 6.92. The molecular weight excluding hydrogens is 304 g/mol. The Morgan fingerprint density at radius 3 is 2.74 bits per heavy atom. The number of halogens is 1. The van der Waals surface area contributed by atoms with Gasteiger partial charge in [-0.3, -0.25) is 0 Å². The molecule has 4 heteroatoms. The molecule has 1 heterocycles. The van der Waals surface area contributed by atoms with Gasteiger partial charge in [-0.2, -0.15) is 0 Å². The molecule has 0 radical (unpaired) electrons. The molecular formula is C15H23BrN2O. The average molecular weight is 327 g/mol. The summed E-state index contributed by atoms with van der Waals surface area (Å²) in [5.74, 6) is 0. The van der Waals surface area contributed by atoms with Gasteiger partial charge in [-0.25, -0.2) is 0 Å². The number of benzene rings is 1. The molecule has 1 aromatic rings. The van der Waals surface area contributed by atoms with Crippen LogP contribution in [-0.2, 0) is 11.2 Å². The van der Waals surface area contributed by atoms with Gasteiger partial charge in [0.1, 0.15) is 0 Å². The predicted molar refractivity (Wildman–Crippen MR) is 82.3 cm³/mol. The number of hydrogen-bond acceptors (Lipinski definition) is 3. The summed E-state index contributed by atoms with van der Waals surface area (Å²) in [5, 5.41) is 3.59. The molecule has 1 aliphatic rings. The predicted octanol–water partition coefficient (Wildman–Crippen LogP) is 2.48. The fourth-order valence-corrected chi connectivity index (χ4v) is 2.69. The molecule has 0 spiro atoms. The minimum absolute atomic E-state index is 0.0697. The van der Waals surface area contributed by atoms with Crippen LogP contribution in [0.4, 0.5) is 0 Å². The van der Waals surface area contributed by atoms with Crippen LogP contribution >= 0.6 is 15.9 Å². The molecule has 19 heavy (non-hydrogen) atoms. The summed E-state index contributed by atoms with van der Waals surface area (Å²) in [5.41, 5.74) is 7.19. The summed E-state index contributed by atoms with van der Waals surface area (Å²) in [6.45, 7) is 4.60. The van der Waals surface area contributed by atoms with Crippen LogP contribution < -0.4 is 11.1 Å². The zero-order valence-corrected chi connectivity index (χ0v) is 13.1. The molecule has 0 aliphatic carbocycles. The van der Waals surface area contributed by atoms with Crippen molar-refractivity contribution in [3.8, 4) is 0 Å². The van der Waals surface area contributed by atoms with E-state index in [4.69, 9.17) is 10.5 Å². The van der Waals surface area contributed by atoms with Crippen LogP contribution in [0.5, 0.6) is 0 Å². The molecule has 2 unspecified atom stereocenters. The van der Waals surface area contributed by atoms with Gasteiger partial charge in [0.25, 0.3) is 0 Å². The van der Waals surface area contributed by atoms with Crippen LogP contribution in [0.15, 0.2) is 28.7 Å². The van der Waals surface area contributed by atoms with E-state index in [0.717, 1.165) is 30.5 Å². The molecule has 1 aliphatic heterocycles. The van der Waals surface area contributed by atoms with Crippen LogP contribution in [0, 0.1) is 0 Å². The fraction of sp³-hybridized carbons (Fsp3) is 0.600. The van der Waals surface area contributed by atoms with E-state index < -0.39 is 0 Å². The maximum atomic E-state index is 5.96. The SMILES string of the molecule is CC(CN)(Cc1ccc(Br)cc1)NCC1CCCO1. The third-order valence-electron chi connectivity index (χ3n) is 3.74. The molecule has 2 atom stereocenters. The van der Waals surface area contributed by atoms with Crippen molar-refractivity contribution in [2.45, 2.75) is 37.8 Å². The second-order valence-electron chi connectivity index (χ2n) is 5.58. The van der Waals surface area contributed by atoms with Crippen molar-refractivity contribution in [3.63, 3.8) is 0 Å². The Morgan fingerprint density at radius 1 is 1.42 bits per heavy atom. The van der Waals surface area contributed by atoms with E-state index in [0.29, 0.717) is 12.6 Å². The topological polar surface area (TPSA) is 47.3 Å². The van der Waals surface area contributed by atoms with Crippen LogP contribution in [0.25, 0.3) is 0 Å². The summed E-state index contributed by atoms with van der Waals surface area (Å²) in [6.07, 6.45) is 3.63. The van der Waals surface area contributed by atoms with Crippen LogP contribution in [0.3, 0.4) is 0 Å². The molecule has 0 saturated carbocycles. The van der Waals surface area contributed by atoms with Crippen LogP contribution in [0.2, 0.25) is 0 Å². The van der Waals surface area contributed by atoms with E-state index >= 15 is 0 Å². The normalized spacial score (nSPS) is 22.4. The molecule has 0 amide bonds. The van der Waals surface area contributed by atoms with Gasteiger partial charge in [0, 0.05) is 29.7 Å². The van der Waals surface area contributed by atoms with Crippen LogP contribution in [-0.4, -0.2) is 31.3 Å². The molecule has 106 valence electrons. The maximum absolute atomic E-state index is 5.96. The second-order valence-corrected chi connectivity index (χ2v) is 6.50. The fourth-order valence-electron chi connectivity index (χ4n) is 2.43. The molecule has 3 nitrogen and oxygen atoms in total. The highest BCUT2D eigenvalue weighted by Gasteiger charge is 2.25. The summed E-state index contributed by atoms with van der Waals surface area (Å²) in [4.78, 5) is 0. The van der Waals surface area contributed by atoms with Crippen molar-refractivity contribution >= 4 is 15.9 Å². The van der Waals surface area contributed by atoms with Gasteiger partial charge in [0.05, 0.1) is 6.10 Å². The number of ether oxygens (including phenoxy) is 1. The van der Waals surface area contributed by atoms with Crippen molar-refractivity contribution in [1.82, 2.24) is 5.32 Å². The van der Waals surface area contributed by atoms with E-state index in [1.54, 1.807) is 0 Å². The van der Waals surface area contributed by atoms with E-state index in [1.807, 2.05) is 0 Å². The van der Waals surface area contributed by atoms with E-state index in [1.165, 1.54) is 12.0 Å². The Hall–Kier alpha value is -0.420. The average Bonchev–Trinajstić information content (AvgIpc) is 2.93. The summed E-state index contributed by atoms with van der Waals surface area (Å²) < 4.78 is 6.76. The van der Waals surface area contributed by atoms with E-state index in [2.05, 4.69) is 52.4 Å². The summed E-state index contributed by atoms with van der Waals surface area (Å²) in [7, 11) is 0. The number of nitrogens with one attached hydrogen (secondary N) is 1. The Kier molecular flexibility index (Phi) is 5.39. The summed E-state index contributed by atoms with van der Waals surface area (Å²) >= 11 is 3.46. The zero-order chi connectivity index (χ0) is 13.7. The first-order chi connectivity index (χ1) is 9.11. The third kappa shape index (κ3) is 4.56. The van der Waals surface area contributed by atoms with Crippen molar-refractivity contribution in [3.05, 3.63) is 34.3 Å². The zero-order valence-electron chi connectivity index (χ0n) is 11.5.